The number of ether oxygens (including phenoxy) is 2. The molecule has 5 aromatic rings. The first-order valence-electron chi connectivity index (χ1n) is 17.0. The molecule has 0 spiro atoms. The van der Waals surface area contributed by atoms with Crippen molar-refractivity contribution in [2.24, 2.45) is 5.92 Å². The summed E-state index contributed by atoms with van der Waals surface area (Å²) in [4.78, 5) is 25.6. The average molecular weight is 660 g/mol. The number of hydrogen-bond acceptors (Lipinski definition) is 8. The minimum Gasteiger partial charge on any atom is -0.497 e. The van der Waals surface area contributed by atoms with Crippen molar-refractivity contribution in [1.29, 1.82) is 0 Å². The molecule has 10 heteroatoms. The SMILES string of the molecule is CCc1cccc(CC)c1NC(=O)c1cc(-c2ccnc(Nc3ccc(N4CCC(C)CC4)cc3OC)n2)n(Cc2ccc(OC)cc2)n1. The Hall–Kier alpha value is -5.38. The van der Waals surface area contributed by atoms with Crippen LogP contribution in [0.3, 0.4) is 0 Å². The number of aromatic nitrogens is 4. The number of nitrogens with one attached hydrogen (secondary N) is 2. The molecule has 3 heterocycles. The fraction of sp³-hybridized carbons (Fsp3) is 0.333. The highest BCUT2D eigenvalue weighted by molar-refractivity contribution is 6.04. The van der Waals surface area contributed by atoms with Crippen LogP contribution >= 0.6 is 0 Å². The number of aryl methyl sites for hydroxylation is 2. The van der Waals surface area contributed by atoms with Crippen LogP contribution in [0, 0.1) is 5.92 Å². The van der Waals surface area contributed by atoms with Crippen LogP contribution in [0.1, 0.15) is 60.8 Å². The first-order chi connectivity index (χ1) is 23.9. The van der Waals surface area contributed by atoms with Crippen molar-refractivity contribution in [2.75, 3.05) is 42.8 Å². The summed E-state index contributed by atoms with van der Waals surface area (Å²) in [5, 5.41) is 11.3. The van der Waals surface area contributed by atoms with Gasteiger partial charge in [0.15, 0.2) is 5.69 Å². The van der Waals surface area contributed by atoms with Crippen LogP contribution in [0.5, 0.6) is 11.5 Å². The highest BCUT2D eigenvalue weighted by atomic mass is 16.5. The molecule has 1 aliphatic rings. The summed E-state index contributed by atoms with van der Waals surface area (Å²) in [7, 11) is 3.32. The molecule has 0 atom stereocenters. The number of rotatable bonds is 12. The van der Waals surface area contributed by atoms with Crippen molar-refractivity contribution in [1.82, 2.24) is 19.7 Å². The van der Waals surface area contributed by atoms with Crippen molar-refractivity contribution in [3.05, 3.63) is 101 Å². The van der Waals surface area contributed by atoms with E-state index in [0.29, 0.717) is 35.3 Å². The lowest BCUT2D eigenvalue weighted by Gasteiger charge is -2.32. The summed E-state index contributed by atoms with van der Waals surface area (Å²) in [6.07, 6.45) is 5.70. The van der Waals surface area contributed by atoms with Crippen molar-refractivity contribution in [3.8, 4) is 22.9 Å². The molecular formula is C39H45N7O3. The number of benzene rings is 3. The van der Waals surface area contributed by atoms with Gasteiger partial charge in [0, 0.05) is 36.7 Å². The maximum atomic E-state index is 13.8. The van der Waals surface area contributed by atoms with Gasteiger partial charge in [-0.05, 0) is 84.7 Å². The third-order valence-corrected chi connectivity index (χ3v) is 9.24. The van der Waals surface area contributed by atoms with Gasteiger partial charge in [-0.25, -0.2) is 9.97 Å². The highest BCUT2D eigenvalue weighted by Crippen LogP contribution is 2.34. The quantitative estimate of drug-likeness (QED) is 0.140. The van der Waals surface area contributed by atoms with E-state index < -0.39 is 0 Å². The minimum atomic E-state index is -0.272. The molecule has 254 valence electrons. The summed E-state index contributed by atoms with van der Waals surface area (Å²) < 4.78 is 12.9. The van der Waals surface area contributed by atoms with E-state index >= 15 is 0 Å². The molecule has 0 saturated carbocycles. The number of carbonyl (C=O) groups excluding carboxylic acids is 1. The van der Waals surface area contributed by atoms with Crippen molar-refractivity contribution >= 4 is 28.9 Å². The summed E-state index contributed by atoms with van der Waals surface area (Å²) in [6, 6.07) is 23.7. The number of methoxy groups -OCH3 is 2. The Kier molecular flexibility index (Phi) is 10.4. The second-order valence-corrected chi connectivity index (χ2v) is 12.5. The zero-order valence-corrected chi connectivity index (χ0v) is 29.0. The monoisotopic (exact) mass is 659 g/mol. The first kappa shape index (κ1) is 33.5. The summed E-state index contributed by atoms with van der Waals surface area (Å²) in [6.45, 7) is 9.00. The predicted octanol–water partition coefficient (Wildman–Crippen LogP) is 7.76. The maximum Gasteiger partial charge on any atom is 0.276 e. The number of anilines is 4. The van der Waals surface area contributed by atoms with Crippen molar-refractivity contribution in [2.45, 2.75) is 53.0 Å². The molecular weight excluding hydrogens is 614 g/mol. The first-order valence-corrected chi connectivity index (χ1v) is 17.0. The van der Waals surface area contributed by atoms with Gasteiger partial charge in [0.05, 0.1) is 37.8 Å². The number of amides is 1. The van der Waals surface area contributed by atoms with E-state index in [0.717, 1.165) is 71.4 Å². The summed E-state index contributed by atoms with van der Waals surface area (Å²) >= 11 is 0. The molecule has 3 aromatic carbocycles. The Morgan fingerprint density at radius 2 is 1.65 bits per heavy atom. The van der Waals surface area contributed by atoms with Crippen LogP contribution in [-0.4, -0.2) is 53.0 Å². The third kappa shape index (κ3) is 7.69. The Labute approximate surface area is 288 Å². The molecule has 0 unspecified atom stereocenters. The smallest absolute Gasteiger partial charge is 0.276 e. The molecule has 1 aliphatic heterocycles. The molecule has 49 heavy (non-hydrogen) atoms. The van der Waals surface area contributed by atoms with E-state index in [2.05, 4.69) is 65.6 Å². The van der Waals surface area contributed by atoms with Gasteiger partial charge in [-0.1, -0.05) is 51.1 Å². The average Bonchev–Trinajstić information content (AvgIpc) is 3.56. The van der Waals surface area contributed by atoms with Gasteiger partial charge in [0.25, 0.3) is 5.91 Å². The minimum absolute atomic E-state index is 0.272. The second kappa shape index (κ2) is 15.2. The Balaban J connectivity index is 1.31. The third-order valence-electron chi connectivity index (χ3n) is 9.24. The zero-order chi connectivity index (χ0) is 34.3. The molecule has 0 aliphatic carbocycles. The van der Waals surface area contributed by atoms with Crippen molar-refractivity contribution in [3.63, 3.8) is 0 Å². The lowest BCUT2D eigenvalue weighted by Crippen LogP contribution is -2.32. The Bertz CT molecular complexity index is 1870. The molecule has 6 rings (SSSR count). The summed E-state index contributed by atoms with van der Waals surface area (Å²) in [5.74, 6) is 2.38. The number of para-hydroxylation sites is 1. The van der Waals surface area contributed by atoms with Gasteiger partial charge >= 0.3 is 0 Å². The predicted molar refractivity (Wildman–Crippen MR) is 195 cm³/mol. The van der Waals surface area contributed by atoms with Crippen LogP contribution in [0.15, 0.2) is 79.0 Å². The van der Waals surface area contributed by atoms with E-state index in [1.165, 1.54) is 12.8 Å². The Morgan fingerprint density at radius 3 is 2.33 bits per heavy atom. The zero-order valence-electron chi connectivity index (χ0n) is 29.0. The van der Waals surface area contributed by atoms with E-state index in [1.54, 1.807) is 26.5 Å². The molecule has 2 N–H and O–H groups in total. The van der Waals surface area contributed by atoms with Crippen LogP contribution in [0.25, 0.3) is 11.4 Å². The molecule has 1 saturated heterocycles. The van der Waals surface area contributed by atoms with Crippen LogP contribution in [0.2, 0.25) is 0 Å². The van der Waals surface area contributed by atoms with Gasteiger partial charge in [-0.3, -0.25) is 9.48 Å². The molecule has 0 radical (unpaired) electrons. The topological polar surface area (TPSA) is 106 Å². The van der Waals surface area contributed by atoms with Gasteiger partial charge < -0.3 is 25.0 Å². The second-order valence-electron chi connectivity index (χ2n) is 12.5. The molecule has 10 nitrogen and oxygen atoms in total. The number of carbonyl (C=O) groups is 1. The lowest BCUT2D eigenvalue weighted by atomic mass is 9.99. The van der Waals surface area contributed by atoms with Crippen LogP contribution in [0.4, 0.5) is 23.0 Å². The lowest BCUT2D eigenvalue weighted by molar-refractivity contribution is 0.102. The van der Waals surface area contributed by atoms with E-state index in [1.807, 2.05) is 47.1 Å². The largest absolute Gasteiger partial charge is 0.497 e. The van der Waals surface area contributed by atoms with Gasteiger partial charge in [0.1, 0.15) is 11.5 Å². The molecule has 0 bridgehead atoms. The molecule has 1 amide bonds. The maximum absolute atomic E-state index is 13.8. The summed E-state index contributed by atoms with van der Waals surface area (Å²) in [5.41, 5.74) is 7.55. The van der Waals surface area contributed by atoms with E-state index in [4.69, 9.17) is 19.6 Å². The van der Waals surface area contributed by atoms with E-state index in [-0.39, 0.29) is 5.91 Å². The fourth-order valence-electron chi connectivity index (χ4n) is 6.27. The number of nitrogens with zero attached hydrogens (tertiary/aromatic N) is 5. The number of piperidine rings is 1. The van der Waals surface area contributed by atoms with Gasteiger partial charge in [0.2, 0.25) is 5.95 Å². The van der Waals surface area contributed by atoms with Crippen LogP contribution < -0.4 is 25.0 Å². The van der Waals surface area contributed by atoms with E-state index in [9.17, 15) is 4.79 Å². The standard InChI is InChI=1S/C39H45N7O3/c1-6-28-9-8-10-29(7-2)37(28)43-38(47)34-24-35(46(44-34)25-27-11-14-31(48-4)15-12-27)32-17-20-40-39(41-32)42-33-16-13-30(23-36(33)49-5)45-21-18-26(3)19-22-45/h8-17,20,23-24,26H,6-7,18-19,21-22,25H2,1-5H3,(H,43,47)(H,40,41,42). The Morgan fingerprint density at radius 1 is 0.918 bits per heavy atom. The van der Waals surface area contributed by atoms with Gasteiger partial charge in [-0.15, -0.1) is 0 Å². The van der Waals surface area contributed by atoms with Gasteiger partial charge in [-0.2, -0.15) is 5.10 Å². The fourth-order valence-corrected chi connectivity index (χ4v) is 6.27. The normalized spacial score (nSPS) is 13.3. The van der Waals surface area contributed by atoms with Crippen LogP contribution in [-0.2, 0) is 19.4 Å². The van der Waals surface area contributed by atoms with Crippen molar-refractivity contribution < 1.29 is 14.3 Å². The molecule has 1 fully saturated rings. The molecule has 2 aromatic heterocycles. The highest BCUT2D eigenvalue weighted by Gasteiger charge is 2.21. The number of hydrogen-bond donors (Lipinski definition) is 2.